The number of H-pyrrole nitrogens is 1. The van der Waals surface area contributed by atoms with Gasteiger partial charge in [-0.05, 0) is 102 Å². The van der Waals surface area contributed by atoms with E-state index in [2.05, 4.69) is 63.7 Å². The van der Waals surface area contributed by atoms with Gasteiger partial charge in [-0.1, -0.05) is 67.6 Å². The zero-order valence-corrected chi connectivity index (χ0v) is 27.0. The van der Waals surface area contributed by atoms with Crippen LogP contribution in [0.25, 0.3) is 28.0 Å². The van der Waals surface area contributed by atoms with Gasteiger partial charge in [0.1, 0.15) is 5.65 Å². The van der Waals surface area contributed by atoms with Crippen molar-refractivity contribution in [2.45, 2.75) is 70.9 Å². The molecule has 2 aromatic heterocycles. The molecule has 4 aromatic rings. The number of aromatic nitrogens is 3. The minimum absolute atomic E-state index is 0.250. The van der Waals surface area contributed by atoms with Gasteiger partial charge in [0.05, 0.1) is 5.69 Å². The van der Waals surface area contributed by atoms with Crippen LogP contribution in [0.1, 0.15) is 62.5 Å². The Labute approximate surface area is 266 Å². The number of aryl methyl sites for hydroxylation is 1. The van der Waals surface area contributed by atoms with Gasteiger partial charge in [-0.25, -0.2) is 4.79 Å². The van der Waals surface area contributed by atoms with Crippen LogP contribution in [0.2, 0.25) is 0 Å². The average molecular weight is 613 g/mol. The zero-order chi connectivity index (χ0) is 32.0. The smallest absolute Gasteiger partial charge is 0.339 e. The normalized spacial score (nSPS) is 15.3. The van der Waals surface area contributed by atoms with Crippen LogP contribution in [0.5, 0.6) is 0 Å². The van der Waals surface area contributed by atoms with Crippen molar-refractivity contribution in [3.8, 4) is 16.9 Å². The van der Waals surface area contributed by atoms with E-state index < -0.39 is 0 Å². The number of hydrogen-bond acceptors (Lipinski definition) is 7. The van der Waals surface area contributed by atoms with Crippen LogP contribution in [-0.2, 0) is 16.1 Å². The van der Waals surface area contributed by atoms with E-state index in [4.69, 9.17) is 9.59 Å². The first kappa shape index (κ1) is 34.0. The maximum absolute atomic E-state index is 12.5. The van der Waals surface area contributed by atoms with Crippen LogP contribution in [0, 0.1) is 12.8 Å². The first-order valence-corrected chi connectivity index (χ1v) is 16.3. The predicted molar refractivity (Wildman–Crippen MR) is 179 cm³/mol. The highest BCUT2D eigenvalue weighted by Gasteiger charge is 2.19. The van der Waals surface area contributed by atoms with E-state index in [1.54, 1.807) is 4.57 Å². The zero-order valence-electron chi connectivity index (χ0n) is 27.0. The Morgan fingerprint density at radius 1 is 1.00 bits per heavy atom. The first-order valence-electron chi connectivity index (χ1n) is 16.3. The lowest BCUT2D eigenvalue weighted by atomic mass is 10.0. The summed E-state index contributed by atoms with van der Waals surface area (Å²) in [7, 11) is 4.23. The number of nitrogens with zero attached hydrogens (tertiary/aromatic N) is 3. The number of hydrogen-bond donors (Lipinski definition) is 3. The Bertz CT molecular complexity index is 1540. The average Bonchev–Trinajstić information content (AvgIpc) is 3.73. The van der Waals surface area contributed by atoms with Crippen molar-refractivity contribution < 1.29 is 9.59 Å². The Hall–Kier alpha value is -3.88. The van der Waals surface area contributed by atoms with E-state index in [-0.39, 0.29) is 11.8 Å². The molecule has 0 radical (unpaired) electrons. The highest BCUT2D eigenvalue weighted by atomic mass is 16.2. The topological polar surface area (TPSA) is 112 Å². The largest absolute Gasteiger partial charge is 0.373 e. The molecule has 2 aromatic carbocycles. The minimum atomic E-state index is -0.295. The fraction of sp³-hybridized carbons (Fsp3) is 0.472. The van der Waals surface area contributed by atoms with E-state index in [0.717, 1.165) is 40.8 Å². The molecule has 9 heteroatoms. The fourth-order valence-corrected chi connectivity index (χ4v) is 6.40. The van der Waals surface area contributed by atoms with Crippen LogP contribution in [0.3, 0.4) is 0 Å². The lowest BCUT2D eigenvalue weighted by Crippen LogP contribution is -2.41. The molecular weight excluding hydrogens is 564 g/mol. The number of fused-ring (bicyclic) bond motifs is 1. The summed E-state index contributed by atoms with van der Waals surface area (Å²) >= 11 is 0. The molecule has 1 aliphatic heterocycles. The fourth-order valence-electron chi connectivity index (χ4n) is 6.40. The Morgan fingerprint density at radius 3 is 2.31 bits per heavy atom. The molecule has 9 nitrogen and oxygen atoms in total. The third kappa shape index (κ3) is 10.1. The third-order valence-corrected chi connectivity index (χ3v) is 9.00. The van der Waals surface area contributed by atoms with Crippen LogP contribution >= 0.6 is 0 Å². The van der Waals surface area contributed by atoms with Crippen LogP contribution < -0.4 is 16.3 Å². The maximum atomic E-state index is 12.5. The molecule has 0 amide bonds. The summed E-state index contributed by atoms with van der Waals surface area (Å²) in [6, 6.07) is 19.0. The van der Waals surface area contributed by atoms with Crippen molar-refractivity contribution in [1.82, 2.24) is 30.1 Å². The van der Waals surface area contributed by atoms with Crippen molar-refractivity contribution in [3.63, 3.8) is 0 Å². The number of piperidine rings is 1. The molecule has 2 aliphatic rings. The number of aromatic amines is 1. The van der Waals surface area contributed by atoms with Crippen molar-refractivity contribution in [1.29, 1.82) is 0 Å². The summed E-state index contributed by atoms with van der Waals surface area (Å²) in [6.45, 7) is 6.62. The second-order valence-electron chi connectivity index (χ2n) is 12.3. The second-order valence-corrected chi connectivity index (χ2v) is 12.3. The summed E-state index contributed by atoms with van der Waals surface area (Å²) in [6.07, 6.45) is 13.7. The number of rotatable bonds is 9. The second kappa shape index (κ2) is 17.6. The molecule has 6 rings (SSSR count). The van der Waals surface area contributed by atoms with Crippen LogP contribution in [0.15, 0.2) is 65.6 Å². The van der Waals surface area contributed by atoms with Gasteiger partial charge in [-0.2, -0.15) is 14.6 Å². The number of carbonyl (C=O) groups excluding carboxylic acids is 2. The standard InChI is InChI=1S/C21H20N4O.C14H28N2.CO2/c1-14-3-7-16(8-4-14)19-11-17-13-25(21(26)24-20(17)23-19)18-9-5-15(6-10-18)12-22-2;1-16(14-8-10-15-11-9-14)12-4-7-13-5-2-3-6-13;2-1-3/h3-11,13,22H,12H2,1-2H3,(H,23,24,26);13-15H,2-12H2,1H3;. The quantitative estimate of drug-likeness (QED) is 0.230. The summed E-state index contributed by atoms with van der Waals surface area (Å²) in [5, 5.41) is 7.46. The van der Waals surface area contributed by atoms with Gasteiger partial charge >= 0.3 is 11.8 Å². The van der Waals surface area contributed by atoms with E-state index in [0.29, 0.717) is 5.65 Å². The van der Waals surface area contributed by atoms with E-state index in [1.807, 2.05) is 43.6 Å². The minimum Gasteiger partial charge on any atom is -0.339 e. The molecule has 0 bridgehead atoms. The molecule has 1 saturated heterocycles. The van der Waals surface area contributed by atoms with Crippen molar-refractivity contribution in [2.24, 2.45) is 5.92 Å². The molecule has 1 saturated carbocycles. The summed E-state index contributed by atoms with van der Waals surface area (Å²) in [4.78, 5) is 38.8. The maximum Gasteiger partial charge on any atom is 0.373 e. The lowest BCUT2D eigenvalue weighted by Gasteiger charge is -2.31. The van der Waals surface area contributed by atoms with E-state index in [1.165, 1.54) is 82.1 Å². The van der Waals surface area contributed by atoms with Gasteiger partial charge in [0.15, 0.2) is 0 Å². The highest BCUT2D eigenvalue weighted by molar-refractivity contribution is 5.82. The Kier molecular flexibility index (Phi) is 13.3. The van der Waals surface area contributed by atoms with Crippen LogP contribution in [-0.4, -0.2) is 65.4 Å². The van der Waals surface area contributed by atoms with Crippen LogP contribution in [0.4, 0.5) is 0 Å². The van der Waals surface area contributed by atoms with Gasteiger partial charge in [-0.15, -0.1) is 0 Å². The summed E-state index contributed by atoms with van der Waals surface area (Å²) in [5.74, 6) is 1.07. The first-order chi connectivity index (χ1) is 21.9. The van der Waals surface area contributed by atoms with Gasteiger partial charge in [0.25, 0.3) is 0 Å². The molecule has 240 valence electrons. The summed E-state index contributed by atoms with van der Waals surface area (Å²) < 4.78 is 1.58. The van der Waals surface area contributed by atoms with Gasteiger partial charge in [-0.3, -0.25) is 4.57 Å². The molecular formula is C36H48N6O3. The number of benzene rings is 2. The van der Waals surface area contributed by atoms with Gasteiger partial charge < -0.3 is 20.5 Å². The Morgan fingerprint density at radius 2 is 1.67 bits per heavy atom. The Balaban J connectivity index is 0.000000207. The molecule has 0 unspecified atom stereocenters. The van der Waals surface area contributed by atoms with E-state index in [9.17, 15) is 4.79 Å². The van der Waals surface area contributed by atoms with Crippen molar-refractivity contribution in [2.75, 3.05) is 33.7 Å². The van der Waals surface area contributed by atoms with Crippen molar-refractivity contribution >= 4 is 17.2 Å². The molecule has 0 spiro atoms. The molecule has 45 heavy (non-hydrogen) atoms. The molecule has 1 aliphatic carbocycles. The van der Waals surface area contributed by atoms with Crippen molar-refractivity contribution in [3.05, 3.63) is 82.4 Å². The third-order valence-electron chi connectivity index (χ3n) is 9.00. The predicted octanol–water partition coefficient (Wildman–Crippen LogP) is 5.47. The summed E-state index contributed by atoms with van der Waals surface area (Å²) in [5.41, 5.74) is 5.52. The van der Waals surface area contributed by atoms with Gasteiger partial charge in [0.2, 0.25) is 0 Å². The molecule has 3 heterocycles. The molecule has 2 fully saturated rings. The molecule has 3 N–H and O–H groups in total. The van der Waals surface area contributed by atoms with Gasteiger partial charge in [0, 0.05) is 29.9 Å². The monoisotopic (exact) mass is 612 g/mol. The van der Waals surface area contributed by atoms with E-state index >= 15 is 0 Å². The lowest BCUT2D eigenvalue weighted by molar-refractivity contribution is -0.191. The number of nitrogens with one attached hydrogen (secondary N) is 3. The SMILES string of the molecule is CN(CCCC1CCCC1)C1CCNCC1.CNCc1ccc(-n2cc3cc(-c4ccc(C)cc4)[nH]c3nc2=O)cc1.O=C=O. The highest BCUT2D eigenvalue weighted by Crippen LogP contribution is 2.28. The molecule has 0 atom stereocenters.